The zero-order chi connectivity index (χ0) is 17.1. The molecule has 0 spiro atoms. The molecule has 8 N–H and O–H groups in total. The fourth-order valence-electron chi connectivity index (χ4n) is 2.24. The van der Waals surface area contributed by atoms with Gasteiger partial charge in [-0.2, -0.15) is 15.0 Å². The molecule has 0 unspecified atom stereocenters. The Kier molecular flexibility index (Phi) is 8.77. The highest BCUT2D eigenvalue weighted by atomic mass is 28.4. The molecule has 0 aliphatic rings. The third-order valence-corrected chi connectivity index (χ3v) is 4.42. The second-order valence-electron chi connectivity index (χ2n) is 5.65. The second kappa shape index (κ2) is 10.3. The number of nitrogens with two attached hydrogens (primary N) is 2. The van der Waals surface area contributed by atoms with Crippen molar-refractivity contribution in [2.24, 2.45) is 0 Å². The van der Waals surface area contributed by atoms with E-state index in [1.807, 2.05) is 0 Å². The van der Waals surface area contributed by atoms with Crippen LogP contribution in [0.1, 0.15) is 51.4 Å². The van der Waals surface area contributed by atoms with Gasteiger partial charge in [-0.25, -0.2) is 0 Å². The summed E-state index contributed by atoms with van der Waals surface area (Å²) >= 11 is 0. The van der Waals surface area contributed by atoms with Crippen molar-refractivity contribution in [2.75, 3.05) is 23.3 Å². The molecule has 0 aromatic carbocycles. The number of hydrogen-bond acceptors (Lipinski definition) is 9. The molecule has 132 valence electrons. The topological polar surface area (TPSA) is 163 Å². The van der Waals surface area contributed by atoms with Crippen LogP contribution in [0.2, 0.25) is 6.04 Å². The first kappa shape index (κ1) is 19.6. The van der Waals surface area contributed by atoms with Crippen molar-refractivity contribution >= 4 is 26.6 Å². The molecule has 1 aromatic heterocycles. The Labute approximate surface area is 137 Å². The third kappa shape index (κ3) is 10.8. The van der Waals surface area contributed by atoms with Crippen molar-refractivity contribution in [3.8, 4) is 0 Å². The summed E-state index contributed by atoms with van der Waals surface area (Å²) in [5, 5.41) is 3.07. The first-order chi connectivity index (χ1) is 10.9. The molecule has 0 saturated heterocycles. The van der Waals surface area contributed by atoms with Crippen LogP contribution < -0.4 is 16.8 Å². The molecule has 0 aliphatic carbocycles. The van der Waals surface area contributed by atoms with E-state index in [0.717, 1.165) is 51.5 Å². The predicted octanol–water partition coefficient (Wildman–Crippen LogP) is 0.484. The number of anilines is 3. The van der Waals surface area contributed by atoms with E-state index in [4.69, 9.17) is 25.9 Å². The van der Waals surface area contributed by atoms with Crippen molar-refractivity contribution in [3.05, 3.63) is 0 Å². The first-order valence-corrected chi connectivity index (χ1v) is 10.1. The average Bonchev–Trinajstić information content (AvgIpc) is 2.42. The van der Waals surface area contributed by atoms with Gasteiger partial charge in [0.05, 0.1) is 0 Å². The van der Waals surface area contributed by atoms with Gasteiger partial charge in [-0.1, -0.05) is 38.5 Å². The summed E-state index contributed by atoms with van der Waals surface area (Å²) in [4.78, 5) is 38.2. The van der Waals surface area contributed by atoms with Gasteiger partial charge >= 0.3 is 8.80 Å². The number of nitrogens with one attached hydrogen (secondary N) is 1. The minimum absolute atomic E-state index is 0.114. The van der Waals surface area contributed by atoms with E-state index in [1.165, 1.54) is 0 Å². The SMILES string of the molecule is Nc1nc(N)nc(NCCCCCCCCCC[Si](O)(O)O)n1. The van der Waals surface area contributed by atoms with Gasteiger partial charge in [-0.05, 0) is 12.8 Å². The summed E-state index contributed by atoms with van der Waals surface area (Å²) in [6.07, 6.45) is 8.24. The number of nitrogens with zero attached hydrogens (tertiary/aromatic N) is 3. The quantitative estimate of drug-likeness (QED) is 0.234. The monoisotopic (exact) mass is 344 g/mol. The lowest BCUT2D eigenvalue weighted by atomic mass is 10.1. The highest BCUT2D eigenvalue weighted by molar-refractivity contribution is 6.56. The maximum absolute atomic E-state index is 8.87. The Morgan fingerprint density at radius 1 is 0.739 bits per heavy atom. The Morgan fingerprint density at radius 3 is 1.74 bits per heavy atom. The molecule has 0 saturated carbocycles. The van der Waals surface area contributed by atoms with E-state index in [0.29, 0.717) is 12.4 Å². The Hall–Kier alpha value is -1.49. The lowest BCUT2D eigenvalue weighted by Gasteiger charge is -2.08. The van der Waals surface area contributed by atoms with Crippen molar-refractivity contribution in [1.29, 1.82) is 0 Å². The van der Waals surface area contributed by atoms with Gasteiger partial charge in [0.15, 0.2) is 0 Å². The van der Waals surface area contributed by atoms with Crippen LogP contribution in [-0.4, -0.2) is 44.7 Å². The van der Waals surface area contributed by atoms with Gasteiger partial charge in [0.2, 0.25) is 17.8 Å². The zero-order valence-corrected chi connectivity index (χ0v) is 14.4. The van der Waals surface area contributed by atoms with Crippen LogP contribution in [0.15, 0.2) is 0 Å². The second-order valence-corrected chi connectivity index (χ2v) is 7.70. The average molecular weight is 344 g/mol. The van der Waals surface area contributed by atoms with Crippen molar-refractivity contribution in [3.63, 3.8) is 0 Å². The van der Waals surface area contributed by atoms with Crippen LogP contribution in [0, 0.1) is 0 Å². The highest BCUT2D eigenvalue weighted by Gasteiger charge is 2.25. The Balaban J connectivity index is 1.92. The van der Waals surface area contributed by atoms with Gasteiger partial charge in [0.1, 0.15) is 0 Å². The van der Waals surface area contributed by atoms with Crippen LogP contribution in [-0.2, 0) is 0 Å². The van der Waals surface area contributed by atoms with Crippen LogP contribution >= 0.6 is 0 Å². The number of aromatic nitrogens is 3. The molecule has 0 amide bonds. The number of hydrogen-bond donors (Lipinski definition) is 6. The molecule has 1 aromatic rings. The molecule has 1 rings (SSSR count). The maximum atomic E-state index is 8.87. The molecule has 0 radical (unpaired) electrons. The fraction of sp³-hybridized carbons (Fsp3) is 0.769. The van der Waals surface area contributed by atoms with Crippen LogP contribution in [0.3, 0.4) is 0 Å². The van der Waals surface area contributed by atoms with Crippen LogP contribution in [0.25, 0.3) is 0 Å². The fourth-order valence-corrected chi connectivity index (χ4v) is 2.96. The molecule has 23 heavy (non-hydrogen) atoms. The molecule has 0 aliphatic heterocycles. The van der Waals surface area contributed by atoms with E-state index >= 15 is 0 Å². The first-order valence-electron chi connectivity index (χ1n) is 8.05. The largest absolute Gasteiger partial charge is 0.492 e. The van der Waals surface area contributed by atoms with Crippen molar-refractivity contribution < 1.29 is 14.4 Å². The lowest BCUT2D eigenvalue weighted by molar-refractivity contribution is 0.226. The summed E-state index contributed by atoms with van der Waals surface area (Å²) in [7, 11) is -3.82. The van der Waals surface area contributed by atoms with Crippen molar-refractivity contribution in [2.45, 2.75) is 57.4 Å². The van der Waals surface area contributed by atoms with Crippen molar-refractivity contribution in [1.82, 2.24) is 15.0 Å². The van der Waals surface area contributed by atoms with Gasteiger partial charge in [0.25, 0.3) is 0 Å². The Bertz CT molecular complexity index is 438. The molecule has 0 atom stereocenters. The molecule has 1 heterocycles. The van der Waals surface area contributed by atoms with E-state index in [-0.39, 0.29) is 17.9 Å². The Morgan fingerprint density at radius 2 is 1.22 bits per heavy atom. The van der Waals surface area contributed by atoms with E-state index in [2.05, 4.69) is 20.3 Å². The molecule has 0 bridgehead atoms. The summed E-state index contributed by atoms with van der Waals surface area (Å²) in [6.45, 7) is 0.763. The predicted molar refractivity (Wildman–Crippen MR) is 91.3 cm³/mol. The molecular weight excluding hydrogens is 316 g/mol. The third-order valence-electron chi connectivity index (χ3n) is 3.39. The number of nitrogen functional groups attached to an aromatic ring is 2. The normalized spacial score (nSPS) is 11.6. The minimum Gasteiger partial charge on any atom is -0.390 e. The molecule has 10 heteroatoms. The summed E-state index contributed by atoms with van der Waals surface area (Å²) < 4.78 is 0. The van der Waals surface area contributed by atoms with Gasteiger partial charge in [-0.15, -0.1) is 0 Å². The van der Waals surface area contributed by atoms with E-state index in [1.54, 1.807) is 0 Å². The van der Waals surface area contributed by atoms with Gasteiger partial charge in [0, 0.05) is 12.6 Å². The lowest BCUT2D eigenvalue weighted by Crippen LogP contribution is -2.33. The van der Waals surface area contributed by atoms with Gasteiger partial charge < -0.3 is 31.2 Å². The molecule has 0 fully saturated rings. The summed E-state index contributed by atoms with van der Waals surface area (Å²) in [5.41, 5.74) is 11.0. The van der Waals surface area contributed by atoms with E-state index in [9.17, 15) is 0 Å². The molecular formula is C13H28N6O3Si. The zero-order valence-electron chi connectivity index (χ0n) is 13.4. The summed E-state index contributed by atoms with van der Waals surface area (Å²) in [6, 6.07) is 0.144. The standard InChI is InChI=1S/C13H28N6O3Si/c14-11-17-12(15)19-13(18-11)16-9-7-5-3-1-2-4-6-8-10-23(20,21)22/h20-22H,1-10H2,(H5,14,15,16,17,18,19). The van der Waals surface area contributed by atoms with E-state index < -0.39 is 8.80 Å². The highest BCUT2D eigenvalue weighted by Crippen LogP contribution is 2.12. The molecule has 9 nitrogen and oxygen atoms in total. The van der Waals surface area contributed by atoms with Crippen LogP contribution in [0.4, 0.5) is 17.8 Å². The number of rotatable bonds is 12. The minimum atomic E-state index is -3.82. The van der Waals surface area contributed by atoms with Gasteiger partial charge in [-0.3, -0.25) is 0 Å². The van der Waals surface area contributed by atoms with Crippen LogP contribution in [0.5, 0.6) is 0 Å². The smallest absolute Gasteiger partial charge is 0.390 e. The summed E-state index contributed by atoms with van der Waals surface area (Å²) in [5.74, 6) is 0.637. The number of unbranched alkanes of at least 4 members (excludes halogenated alkanes) is 7. The maximum Gasteiger partial charge on any atom is 0.492 e.